The van der Waals surface area contributed by atoms with Gasteiger partial charge in [0.15, 0.2) is 17.2 Å². The van der Waals surface area contributed by atoms with Crippen molar-refractivity contribution in [3.8, 4) is 5.75 Å². The van der Waals surface area contributed by atoms with Crippen LogP contribution in [0.4, 0.5) is 24.7 Å². The molecule has 248 valence electrons. The molecule has 4 rings (SSSR count). The first-order valence-electron chi connectivity index (χ1n) is 14.6. The monoisotopic (exact) mass is 637 g/mol. The van der Waals surface area contributed by atoms with E-state index in [1.807, 2.05) is 26.0 Å². The number of hydrogen-bond acceptors (Lipinski definition) is 9. The lowest BCUT2D eigenvalue weighted by Crippen LogP contribution is -2.37. The number of alkyl halides is 3. The summed E-state index contributed by atoms with van der Waals surface area (Å²) in [5.41, 5.74) is 4.85. The molecule has 3 heterocycles. The Morgan fingerprint density at radius 3 is 2.13 bits per heavy atom. The number of methoxy groups -OCH3 is 1. The van der Waals surface area contributed by atoms with Gasteiger partial charge < -0.3 is 24.4 Å². The van der Waals surface area contributed by atoms with Crippen molar-refractivity contribution in [1.29, 1.82) is 5.41 Å². The number of aryl methyl sites for hydroxylation is 1. The maximum Gasteiger partial charge on any atom is 0.490 e. The number of morpholine rings is 1. The predicted molar refractivity (Wildman–Crippen MR) is 163 cm³/mol. The number of carboxylic acid groups (broad SMARTS) is 1. The molecule has 0 amide bonds. The Morgan fingerprint density at radius 2 is 1.64 bits per heavy atom. The zero-order valence-electron chi connectivity index (χ0n) is 27.0. The summed E-state index contributed by atoms with van der Waals surface area (Å²) < 4.78 is 46.2. The van der Waals surface area contributed by atoms with Crippen molar-refractivity contribution in [2.24, 2.45) is 0 Å². The van der Waals surface area contributed by atoms with E-state index in [0.29, 0.717) is 24.4 Å². The molecule has 3 aromatic rings. The first-order chi connectivity index (χ1) is 21.0. The number of aromatic nitrogens is 4. The van der Waals surface area contributed by atoms with Crippen molar-refractivity contribution in [3.05, 3.63) is 40.0 Å². The van der Waals surface area contributed by atoms with Gasteiger partial charge in [0.25, 0.3) is 0 Å². The van der Waals surface area contributed by atoms with Crippen LogP contribution in [0.15, 0.2) is 12.1 Å². The molecule has 12 nitrogen and oxygen atoms in total. The van der Waals surface area contributed by atoms with Gasteiger partial charge in [0.1, 0.15) is 12.3 Å². The number of ketones is 1. The van der Waals surface area contributed by atoms with Gasteiger partial charge >= 0.3 is 12.1 Å². The molecular weight excluding hydrogens is 595 g/mol. The Bertz CT molecular complexity index is 1600. The fourth-order valence-electron chi connectivity index (χ4n) is 4.99. The van der Waals surface area contributed by atoms with Crippen LogP contribution in [0, 0.1) is 19.3 Å². The molecule has 1 aliphatic rings. The summed E-state index contributed by atoms with van der Waals surface area (Å²) in [7, 11) is 1.68. The highest BCUT2D eigenvalue weighted by Gasteiger charge is 2.38. The van der Waals surface area contributed by atoms with Gasteiger partial charge in [0, 0.05) is 48.4 Å². The summed E-state index contributed by atoms with van der Waals surface area (Å²) in [6.45, 7) is 18.8. The van der Waals surface area contributed by atoms with Gasteiger partial charge in [-0.15, -0.1) is 10.2 Å². The standard InChI is InChI=1S/C28H41N7O3.C2HF3O2/c1-9-32(10-2)25-18(3)19(4)26-30-34(27(29)35(26)31-25)17-23(36)20-15-21(28(5,6)7)24(37-8)22(16-20)33-11-13-38-14-12-33;3-2(4,5)1(6)7/h15-16,29H,9-14,17H2,1-8H3;(H,6,7). The summed E-state index contributed by atoms with van der Waals surface area (Å²) in [5.74, 6) is -1.25. The molecule has 0 unspecified atom stereocenters. The maximum atomic E-state index is 13.7. The normalized spacial score (nSPS) is 13.8. The lowest BCUT2D eigenvalue weighted by molar-refractivity contribution is -0.192. The van der Waals surface area contributed by atoms with Crippen LogP contribution < -0.4 is 20.2 Å². The number of rotatable bonds is 8. The molecule has 1 fully saturated rings. The van der Waals surface area contributed by atoms with Gasteiger partial charge in [-0.25, -0.2) is 9.48 Å². The molecule has 0 saturated carbocycles. The van der Waals surface area contributed by atoms with E-state index in [-0.39, 0.29) is 23.4 Å². The smallest absolute Gasteiger partial charge is 0.490 e. The first kappa shape index (κ1) is 35.3. The average Bonchev–Trinajstić information content (AvgIpc) is 3.29. The maximum absolute atomic E-state index is 13.7. The van der Waals surface area contributed by atoms with Crippen molar-refractivity contribution in [3.63, 3.8) is 0 Å². The van der Waals surface area contributed by atoms with E-state index >= 15 is 0 Å². The van der Waals surface area contributed by atoms with Gasteiger partial charge in [-0.05, 0) is 45.2 Å². The van der Waals surface area contributed by atoms with Crippen LogP contribution in [0.25, 0.3) is 5.65 Å². The number of carboxylic acids is 1. The van der Waals surface area contributed by atoms with Crippen LogP contribution in [0.2, 0.25) is 0 Å². The van der Waals surface area contributed by atoms with Gasteiger partial charge in [-0.2, -0.15) is 17.7 Å². The van der Waals surface area contributed by atoms with Crippen molar-refractivity contribution in [2.45, 2.75) is 66.6 Å². The number of Topliss-reactive ketones (excluding diaryl/α,β-unsaturated/α-hetero) is 1. The van der Waals surface area contributed by atoms with E-state index in [9.17, 15) is 18.0 Å². The minimum atomic E-state index is -5.08. The van der Waals surface area contributed by atoms with Crippen LogP contribution >= 0.6 is 0 Å². The SMILES string of the molecule is CCN(CC)c1nn2c(=N)n(CC(=O)c3cc(N4CCOCC4)c(OC)c(C(C)(C)C)c3)nc2c(C)c1C.O=C(O)C(F)(F)F. The van der Waals surface area contributed by atoms with Crippen molar-refractivity contribution >= 4 is 28.9 Å². The third-order valence-electron chi connectivity index (χ3n) is 7.64. The van der Waals surface area contributed by atoms with E-state index < -0.39 is 12.1 Å². The summed E-state index contributed by atoms with van der Waals surface area (Å²) >= 11 is 0. The molecule has 1 saturated heterocycles. The summed E-state index contributed by atoms with van der Waals surface area (Å²) in [6, 6.07) is 3.84. The van der Waals surface area contributed by atoms with E-state index in [1.54, 1.807) is 7.11 Å². The lowest BCUT2D eigenvalue weighted by atomic mass is 9.84. The topological polar surface area (TPSA) is 138 Å². The highest BCUT2D eigenvalue weighted by Crippen LogP contribution is 2.40. The number of anilines is 2. The average molecular weight is 638 g/mol. The molecule has 1 aromatic carbocycles. The lowest BCUT2D eigenvalue weighted by Gasteiger charge is -2.33. The van der Waals surface area contributed by atoms with Crippen LogP contribution in [0.5, 0.6) is 5.75 Å². The van der Waals surface area contributed by atoms with Gasteiger partial charge in [0.2, 0.25) is 5.62 Å². The summed E-state index contributed by atoms with van der Waals surface area (Å²) in [5, 5.41) is 25.3. The van der Waals surface area contributed by atoms with Crippen molar-refractivity contribution < 1.29 is 37.3 Å². The molecule has 45 heavy (non-hydrogen) atoms. The fraction of sp³-hybridized carbons (Fsp3) is 0.567. The number of ether oxygens (including phenoxy) is 2. The second-order valence-corrected chi connectivity index (χ2v) is 11.6. The highest BCUT2D eigenvalue weighted by molar-refractivity contribution is 5.98. The molecule has 0 atom stereocenters. The third-order valence-corrected chi connectivity index (χ3v) is 7.64. The molecule has 2 N–H and O–H groups in total. The molecule has 0 radical (unpaired) electrons. The van der Waals surface area contributed by atoms with Crippen molar-refractivity contribution in [1.82, 2.24) is 19.4 Å². The number of nitrogens with one attached hydrogen (secondary N) is 1. The molecule has 15 heteroatoms. The second-order valence-electron chi connectivity index (χ2n) is 11.6. The van der Waals surface area contributed by atoms with Gasteiger partial charge in [-0.1, -0.05) is 20.8 Å². The molecular formula is C30H42F3N7O5. The fourth-order valence-corrected chi connectivity index (χ4v) is 4.99. The molecule has 1 aliphatic heterocycles. The largest absolute Gasteiger partial charge is 0.494 e. The number of hydrogen-bond donors (Lipinski definition) is 2. The molecule has 0 aliphatic carbocycles. The third kappa shape index (κ3) is 7.75. The van der Waals surface area contributed by atoms with Crippen LogP contribution in [-0.2, 0) is 21.5 Å². The van der Waals surface area contributed by atoms with E-state index in [2.05, 4.69) is 49.5 Å². The second kappa shape index (κ2) is 13.9. The number of fused-ring (bicyclic) bond motifs is 1. The number of benzene rings is 1. The summed E-state index contributed by atoms with van der Waals surface area (Å²) in [4.78, 5) is 27.0. The quantitative estimate of drug-likeness (QED) is 0.349. The predicted octanol–water partition coefficient (Wildman–Crippen LogP) is 4.13. The number of aliphatic carboxylic acids is 1. The van der Waals surface area contributed by atoms with Crippen LogP contribution in [0.1, 0.15) is 61.7 Å². The Kier molecular flexibility index (Phi) is 10.9. The van der Waals surface area contributed by atoms with Gasteiger partial charge in [-0.3, -0.25) is 10.2 Å². The van der Waals surface area contributed by atoms with E-state index in [0.717, 1.165) is 60.1 Å². The van der Waals surface area contributed by atoms with E-state index in [1.165, 1.54) is 9.20 Å². The minimum absolute atomic E-state index is 0.0558. The number of carbonyl (C=O) groups excluding carboxylic acids is 1. The minimum Gasteiger partial charge on any atom is -0.494 e. The number of nitrogens with zero attached hydrogens (tertiary/aromatic N) is 6. The van der Waals surface area contributed by atoms with Gasteiger partial charge in [0.05, 0.1) is 26.0 Å². The van der Waals surface area contributed by atoms with Crippen molar-refractivity contribution in [2.75, 3.05) is 56.3 Å². The van der Waals surface area contributed by atoms with Crippen LogP contribution in [-0.4, -0.2) is 88.9 Å². The molecule has 2 aromatic heterocycles. The molecule has 0 bridgehead atoms. The number of halogens is 3. The highest BCUT2D eigenvalue weighted by atomic mass is 19.4. The van der Waals surface area contributed by atoms with E-state index in [4.69, 9.17) is 29.9 Å². The Balaban J connectivity index is 0.000000707. The van der Waals surface area contributed by atoms with Crippen LogP contribution in [0.3, 0.4) is 0 Å². The Morgan fingerprint density at radius 1 is 1.07 bits per heavy atom. The number of carbonyl (C=O) groups is 2. The Hall–Kier alpha value is -4.14. The zero-order valence-corrected chi connectivity index (χ0v) is 27.0. The first-order valence-corrected chi connectivity index (χ1v) is 14.6. The zero-order chi connectivity index (χ0) is 33.9. The Labute approximate surface area is 259 Å². The molecule has 0 spiro atoms. The summed E-state index contributed by atoms with van der Waals surface area (Å²) in [6.07, 6.45) is -5.08.